The van der Waals surface area contributed by atoms with Crippen molar-refractivity contribution in [1.82, 2.24) is 15.0 Å². The Bertz CT molecular complexity index is 555. The van der Waals surface area contributed by atoms with Crippen LogP contribution in [0.2, 0.25) is 0 Å². The molecule has 1 aliphatic rings. The van der Waals surface area contributed by atoms with E-state index in [-0.39, 0.29) is 0 Å². The van der Waals surface area contributed by atoms with E-state index in [1.807, 2.05) is 11.7 Å². The fourth-order valence-corrected chi connectivity index (χ4v) is 2.73. The summed E-state index contributed by atoms with van der Waals surface area (Å²) in [6.45, 7) is 5.90. The summed E-state index contributed by atoms with van der Waals surface area (Å²) in [5, 5.41) is 8.40. The summed E-state index contributed by atoms with van der Waals surface area (Å²) in [5.74, 6) is 0. The Labute approximate surface area is 106 Å². The third kappa shape index (κ3) is 1.66. The predicted octanol–water partition coefficient (Wildman–Crippen LogP) is 1.58. The minimum absolute atomic E-state index is 0.362. The number of nitrogens with zero attached hydrogens (tertiary/aromatic N) is 4. The number of aromatic nitrogens is 3. The molecular formula is C13H18N4O. The van der Waals surface area contributed by atoms with E-state index in [2.05, 4.69) is 47.3 Å². The highest BCUT2D eigenvalue weighted by Crippen LogP contribution is 2.29. The number of ether oxygens (including phenoxy) is 1. The Morgan fingerprint density at radius 1 is 1.22 bits per heavy atom. The lowest BCUT2D eigenvalue weighted by molar-refractivity contribution is 0.0758. The van der Waals surface area contributed by atoms with Gasteiger partial charge in [0, 0.05) is 7.05 Å². The Morgan fingerprint density at radius 3 is 2.67 bits per heavy atom. The lowest BCUT2D eigenvalue weighted by Crippen LogP contribution is -2.49. The molecule has 96 valence electrons. The Morgan fingerprint density at radius 2 is 1.94 bits per heavy atom. The van der Waals surface area contributed by atoms with Gasteiger partial charge in [0.25, 0.3) is 0 Å². The summed E-state index contributed by atoms with van der Waals surface area (Å²) in [7, 11) is 1.92. The number of anilines is 1. The first-order chi connectivity index (χ1) is 8.68. The maximum atomic E-state index is 5.58. The average Bonchev–Trinajstić information content (AvgIpc) is 2.72. The molecule has 3 rings (SSSR count). The fourth-order valence-electron chi connectivity index (χ4n) is 2.73. The molecule has 1 fully saturated rings. The van der Waals surface area contributed by atoms with Crippen LogP contribution in [0.25, 0.3) is 11.0 Å². The van der Waals surface area contributed by atoms with E-state index in [1.165, 1.54) is 0 Å². The lowest BCUT2D eigenvalue weighted by Gasteiger charge is -2.40. The molecule has 0 radical (unpaired) electrons. The molecule has 2 heterocycles. The Hall–Kier alpha value is -1.62. The summed E-state index contributed by atoms with van der Waals surface area (Å²) in [6.07, 6.45) is 0. The normalized spacial score (nSPS) is 24.7. The van der Waals surface area contributed by atoms with Crippen LogP contribution in [0.4, 0.5) is 5.69 Å². The van der Waals surface area contributed by atoms with Crippen molar-refractivity contribution in [2.75, 3.05) is 18.1 Å². The third-order valence-electron chi connectivity index (χ3n) is 3.57. The van der Waals surface area contributed by atoms with Crippen LogP contribution in [0.15, 0.2) is 18.2 Å². The van der Waals surface area contributed by atoms with Gasteiger partial charge in [-0.2, -0.15) is 0 Å². The minimum atomic E-state index is 0.362. The number of benzene rings is 1. The van der Waals surface area contributed by atoms with E-state index >= 15 is 0 Å². The van der Waals surface area contributed by atoms with Gasteiger partial charge in [-0.3, -0.25) is 0 Å². The van der Waals surface area contributed by atoms with Crippen molar-refractivity contribution >= 4 is 16.7 Å². The van der Waals surface area contributed by atoms with E-state index in [0.717, 1.165) is 29.9 Å². The highest BCUT2D eigenvalue weighted by atomic mass is 16.5. The molecule has 0 saturated carbocycles. The van der Waals surface area contributed by atoms with Gasteiger partial charge in [0.05, 0.1) is 36.5 Å². The summed E-state index contributed by atoms with van der Waals surface area (Å²) in [5.41, 5.74) is 3.20. The molecule has 5 heteroatoms. The largest absolute Gasteiger partial charge is 0.377 e. The van der Waals surface area contributed by atoms with E-state index < -0.39 is 0 Å². The molecule has 1 aromatic carbocycles. The molecular weight excluding hydrogens is 228 g/mol. The van der Waals surface area contributed by atoms with Crippen LogP contribution >= 0.6 is 0 Å². The van der Waals surface area contributed by atoms with Gasteiger partial charge >= 0.3 is 0 Å². The van der Waals surface area contributed by atoms with Gasteiger partial charge in [0.1, 0.15) is 5.52 Å². The maximum absolute atomic E-state index is 5.58. The molecule has 2 atom stereocenters. The van der Waals surface area contributed by atoms with Crippen molar-refractivity contribution in [2.45, 2.75) is 25.9 Å². The molecule has 1 aromatic heterocycles. The van der Waals surface area contributed by atoms with Crippen LogP contribution in [0.3, 0.4) is 0 Å². The van der Waals surface area contributed by atoms with Crippen molar-refractivity contribution in [1.29, 1.82) is 0 Å². The van der Waals surface area contributed by atoms with E-state index in [0.29, 0.717) is 12.1 Å². The molecule has 2 aromatic rings. The summed E-state index contributed by atoms with van der Waals surface area (Å²) >= 11 is 0. The molecule has 5 nitrogen and oxygen atoms in total. The molecule has 0 aliphatic carbocycles. The zero-order chi connectivity index (χ0) is 12.7. The zero-order valence-electron chi connectivity index (χ0n) is 11.0. The Kier molecular flexibility index (Phi) is 2.70. The molecule has 18 heavy (non-hydrogen) atoms. The first-order valence-corrected chi connectivity index (χ1v) is 6.33. The number of hydrogen-bond donors (Lipinski definition) is 0. The minimum Gasteiger partial charge on any atom is -0.377 e. The number of aryl methyl sites for hydroxylation is 1. The molecule has 0 N–H and O–H groups in total. The molecule has 0 spiro atoms. The average molecular weight is 246 g/mol. The highest BCUT2D eigenvalue weighted by molar-refractivity contribution is 5.88. The van der Waals surface area contributed by atoms with Gasteiger partial charge in [-0.15, -0.1) is 5.10 Å². The number of rotatable bonds is 1. The van der Waals surface area contributed by atoms with Crippen molar-refractivity contribution in [3.8, 4) is 0 Å². The van der Waals surface area contributed by atoms with Gasteiger partial charge in [0.2, 0.25) is 0 Å². The number of fused-ring (bicyclic) bond motifs is 1. The van der Waals surface area contributed by atoms with Crippen molar-refractivity contribution in [2.24, 2.45) is 7.05 Å². The van der Waals surface area contributed by atoms with Crippen molar-refractivity contribution in [3.63, 3.8) is 0 Å². The fraction of sp³-hybridized carbons (Fsp3) is 0.538. The van der Waals surface area contributed by atoms with E-state index in [4.69, 9.17) is 4.74 Å². The van der Waals surface area contributed by atoms with Gasteiger partial charge in [-0.25, -0.2) is 4.68 Å². The first kappa shape index (κ1) is 11.5. The highest BCUT2D eigenvalue weighted by Gasteiger charge is 2.27. The van der Waals surface area contributed by atoms with Crippen LogP contribution in [-0.4, -0.2) is 40.3 Å². The molecule has 0 amide bonds. The summed E-state index contributed by atoms with van der Waals surface area (Å²) in [6, 6.07) is 6.96. The standard InChI is InChI=1S/C13H18N4O/c1-9-7-18-8-10(2)17(9)12-6-4-5-11-13(12)14-15-16(11)3/h4-6,9-10H,7-8H2,1-3H3. The predicted molar refractivity (Wildman–Crippen MR) is 70.7 cm³/mol. The number of morpholine rings is 1. The van der Waals surface area contributed by atoms with Gasteiger partial charge in [-0.1, -0.05) is 11.3 Å². The first-order valence-electron chi connectivity index (χ1n) is 6.33. The monoisotopic (exact) mass is 246 g/mol. The van der Waals surface area contributed by atoms with E-state index in [1.54, 1.807) is 0 Å². The van der Waals surface area contributed by atoms with Crippen molar-refractivity contribution in [3.05, 3.63) is 18.2 Å². The van der Waals surface area contributed by atoms with Gasteiger partial charge in [0.15, 0.2) is 0 Å². The van der Waals surface area contributed by atoms with Crippen LogP contribution in [0.5, 0.6) is 0 Å². The lowest BCUT2D eigenvalue weighted by atomic mass is 10.1. The molecule has 1 saturated heterocycles. The topological polar surface area (TPSA) is 43.2 Å². The van der Waals surface area contributed by atoms with Crippen LogP contribution in [0.1, 0.15) is 13.8 Å². The van der Waals surface area contributed by atoms with Crippen LogP contribution in [-0.2, 0) is 11.8 Å². The molecule has 1 aliphatic heterocycles. The third-order valence-corrected chi connectivity index (χ3v) is 3.57. The summed E-state index contributed by atoms with van der Waals surface area (Å²) in [4.78, 5) is 2.39. The smallest absolute Gasteiger partial charge is 0.136 e. The van der Waals surface area contributed by atoms with Gasteiger partial charge in [-0.05, 0) is 26.0 Å². The zero-order valence-corrected chi connectivity index (χ0v) is 11.0. The molecule has 0 bridgehead atoms. The second kappa shape index (κ2) is 4.24. The van der Waals surface area contributed by atoms with Gasteiger partial charge < -0.3 is 9.64 Å². The quantitative estimate of drug-likeness (QED) is 0.766. The summed E-state index contributed by atoms with van der Waals surface area (Å²) < 4.78 is 7.39. The molecule has 2 unspecified atom stereocenters. The van der Waals surface area contributed by atoms with Crippen LogP contribution in [0, 0.1) is 0 Å². The second-order valence-electron chi connectivity index (χ2n) is 5.00. The maximum Gasteiger partial charge on any atom is 0.136 e. The number of hydrogen-bond acceptors (Lipinski definition) is 4. The van der Waals surface area contributed by atoms with Crippen LogP contribution < -0.4 is 4.90 Å². The Balaban J connectivity index is 2.12. The SMILES string of the molecule is CC1COCC(C)N1c1cccc2c1nnn2C. The van der Waals surface area contributed by atoms with E-state index in [9.17, 15) is 0 Å². The second-order valence-corrected chi connectivity index (χ2v) is 5.00. The van der Waals surface area contributed by atoms with Crippen molar-refractivity contribution < 1.29 is 4.74 Å².